The molecular formula is C17H26N2O16P2. The van der Waals surface area contributed by atoms with Crippen molar-refractivity contribution >= 4 is 15.6 Å². The molecule has 2 heterocycles. The summed E-state index contributed by atoms with van der Waals surface area (Å²) in [6.07, 6.45) is -11.4. The zero-order valence-corrected chi connectivity index (χ0v) is 20.4. The largest absolute Gasteiger partial charge is 0.483 e. The maximum absolute atomic E-state index is 12.4. The lowest BCUT2D eigenvalue weighted by Gasteiger charge is -2.39. The highest BCUT2D eigenvalue weighted by atomic mass is 31.3. The zero-order valence-electron chi connectivity index (χ0n) is 18.7. The van der Waals surface area contributed by atoms with Crippen LogP contribution in [0, 0.1) is 11.3 Å². The molecule has 18 nitrogen and oxygen atoms in total. The summed E-state index contributed by atoms with van der Waals surface area (Å²) in [6.45, 7) is -1.65. The van der Waals surface area contributed by atoms with Gasteiger partial charge in [-0.25, -0.2) is 13.9 Å². The minimum Gasteiger partial charge on any atom is -0.394 e. The van der Waals surface area contributed by atoms with Crippen LogP contribution in [0.5, 0.6) is 0 Å². The van der Waals surface area contributed by atoms with Gasteiger partial charge in [-0.1, -0.05) is 0 Å². The van der Waals surface area contributed by atoms with Gasteiger partial charge in [0.1, 0.15) is 30.5 Å². The molecule has 2 saturated carbocycles. The minimum absolute atomic E-state index is 0.111. The lowest BCUT2D eigenvalue weighted by Crippen LogP contribution is -2.58. The van der Waals surface area contributed by atoms with E-state index in [1.165, 1.54) is 0 Å². The normalized spacial score (nSPS) is 42.5. The van der Waals surface area contributed by atoms with Gasteiger partial charge in [0.05, 0.1) is 25.4 Å². The van der Waals surface area contributed by atoms with Crippen molar-refractivity contribution in [2.75, 3.05) is 13.2 Å². The molecule has 1 aromatic rings. The third-order valence-corrected chi connectivity index (χ3v) is 9.39. The first kappa shape index (κ1) is 28.7. The Hall–Kier alpha value is -1.34. The van der Waals surface area contributed by atoms with Crippen LogP contribution >= 0.6 is 15.6 Å². The lowest BCUT2D eigenvalue weighted by molar-refractivity contribution is -0.280. The SMILES string of the molecule is O=c1ccn([C@H]2[C@H](O)[C@H](O)[C@]3(COP(=O)(O)OP(=O)(O)O[C@H]4O[C@H](CO)[C@@H](O)[C@H](O)[C@H]4O)C[C@H]23)c(=O)[nH]1. The molecule has 0 spiro atoms. The number of aromatic nitrogens is 2. The number of phosphoric acid groups is 2. The number of fused-ring (bicyclic) bond motifs is 1. The van der Waals surface area contributed by atoms with Gasteiger partial charge in [-0.3, -0.25) is 23.4 Å². The molecule has 210 valence electrons. The number of nitrogens with one attached hydrogen (secondary N) is 1. The average molecular weight is 576 g/mol. The van der Waals surface area contributed by atoms with Gasteiger partial charge in [-0.05, 0) is 12.3 Å². The summed E-state index contributed by atoms with van der Waals surface area (Å²) in [7, 11) is -11.0. The molecule has 2 aliphatic carbocycles. The Kier molecular flexibility index (Phi) is 7.75. The molecule has 3 fully saturated rings. The second kappa shape index (κ2) is 10.0. The number of aliphatic hydroxyl groups is 6. The number of rotatable bonds is 9. The molecule has 1 saturated heterocycles. The second-order valence-corrected chi connectivity index (χ2v) is 12.1. The van der Waals surface area contributed by atoms with Crippen LogP contribution in [-0.4, -0.2) is 106 Å². The van der Waals surface area contributed by atoms with Crippen molar-refractivity contribution in [1.29, 1.82) is 0 Å². The van der Waals surface area contributed by atoms with Crippen LogP contribution in [-0.2, 0) is 27.2 Å². The standard InChI is InChI=1S/C17H26N2O16P2/c20-4-7-10(22)12(24)13(25)15(33-7)34-37(30,31)35-36(28,29)32-5-17-3-6(17)9(11(23)14(17)26)19-2-1-8(21)18-16(19)27/h1-2,6-7,9-15,20,22-26H,3-5H2,(H,28,29)(H,30,31)(H,18,21,27)/t6-,7-,9-,10-,11+,12+,13-,14+,15-,17+/m1/s1. The molecule has 1 aliphatic heterocycles. The Balaban J connectivity index is 1.40. The van der Waals surface area contributed by atoms with Crippen molar-refractivity contribution in [3.8, 4) is 0 Å². The fraction of sp³-hybridized carbons (Fsp3) is 0.765. The van der Waals surface area contributed by atoms with E-state index < -0.39 is 100 Å². The number of hydrogen-bond acceptors (Lipinski definition) is 14. The van der Waals surface area contributed by atoms with E-state index in [0.29, 0.717) is 0 Å². The molecule has 1 aromatic heterocycles. The second-order valence-electron chi connectivity index (χ2n) is 9.08. The fourth-order valence-corrected chi connectivity index (χ4v) is 7.07. The van der Waals surface area contributed by atoms with E-state index in [0.717, 1.165) is 16.8 Å². The number of H-pyrrole nitrogens is 1. The summed E-state index contributed by atoms with van der Waals surface area (Å²) >= 11 is 0. The van der Waals surface area contributed by atoms with Crippen molar-refractivity contribution < 1.29 is 67.7 Å². The number of nitrogens with zero attached hydrogens (tertiary/aromatic N) is 1. The monoisotopic (exact) mass is 576 g/mol. The third-order valence-electron chi connectivity index (χ3n) is 6.81. The van der Waals surface area contributed by atoms with Crippen molar-refractivity contribution in [3.63, 3.8) is 0 Å². The summed E-state index contributed by atoms with van der Waals surface area (Å²) < 4.78 is 44.0. The number of ether oxygens (including phenoxy) is 1. The quantitative estimate of drug-likeness (QED) is 0.126. The van der Waals surface area contributed by atoms with Gasteiger partial charge >= 0.3 is 21.3 Å². The summed E-state index contributed by atoms with van der Waals surface area (Å²) in [6, 6.07) is 0.0176. The molecule has 0 radical (unpaired) electrons. The van der Waals surface area contributed by atoms with Crippen LogP contribution in [0.25, 0.3) is 0 Å². The highest BCUT2D eigenvalue weighted by Crippen LogP contribution is 2.69. The highest BCUT2D eigenvalue weighted by Gasteiger charge is 2.72. The smallest absolute Gasteiger partial charge is 0.394 e. The van der Waals surface area contributed by atoms with Gasteiger partial charge in [-0.2, -0.15) is 4.31 Å². The van der Waals surface area contributed by atoms with Gasteiger partial charge in [-0.15, -0.1) is 0 Å². The van der Waals surface area contributed by atoms with Crippen molar-refractivity contribution in [2.45, 2.75) is 55.4 Å². The van der Waals surface area contributed by atoms with E-state index in [-0.39, 0.29) is 6.42 Å². The molecular weight excluding hydrogens is 550 g/mol. The lowest BCUT2D eigenvalue weighted by atomic mass is 10.00. The first-order valence-corrected chi connectivity index (χ1v) is 13.8. The van der Waals surface area contributed by atoms with Crippen molar-refractivity contribution in [3.05, 3.63) is 33.1 Å². The van der Waals surface area contributed by atoms with Gasteiger partial charge in [0.2, 0.25) is 0 Å². The number of hydrogen-bond donors (Lipinski definition) is 9. The van der Waals surface area contributed by atoms with Crippen LogP contribution < -0.4 is 11.2 Å². The van der Waals surface area contributed by atoms with Gasteiger partial charge in [0, 0.05) is 17.7 Å². The molecule has 0 bridgehead atoms. The van der Waals surface area contributed by atoms with Gasteiger partial charge in [0.25, 0.3) is 5.56 Å². The molecule has 0 amide bonds. The Labute approximate surface area is 206 Å². The minimum atomic E-state index is -5.56. The Morgan fingerprint density at radius 3 is 2.35 bits per heavy atom. The van der Waals surface area contributed by atoms with E-state index in [2.05, 4.69) is 8.83 Å². The topological polar surface area (TPSA) is 288 Å². The molecule has 9 N–H and O–H groups in total. The average Bonchev–Trinajstić information content (AvgIpc) is 3.48. The number of aliphatic hydroxyl groups excluding tert-OH is 6. The van der Waals surface area contributed by atoms with Gasteiger partial charge in [0.15, 0.2) is 6.29 Å². The van der Waals surface area contributed by atoms with Crippen LogP contribution in [0.1, 0.15) is 12.5 Å². The third kappa shape index (κ3) is 5.41. The van der Waals surface area contributed by atoms with Gasteiger partial charge < -0.3 is 45.2 Å². The van der Waals surface area contributed by atoms with Crippen molar-refractivity contribution in [1.82, 2.24) is 9.55 Å². The van der Waals surface area contributed by atoms with E-state index in [1.807, 2.05) is 4.98 Å². The molecule has 37 heavy (non-hydrogen) atoms. The highest BCUT2D eigenvalue weighted by molar-refractivity contribution is 7.61. The molecule has 12 atom stereocenters. The summed E-state index contributed by atoms with van der Waals surface area (Å²) in [5.74, 6) is -0.646. The van der Waals surface area contributed by atoms with E-state index in [1.54, 1.807) is 0 Å². The van der Waals surface area contributed by atoms with Crippen LogP contribution in [0.2, 0.25) is 0 Å². The summed E-state index contributed by atoms with van der Waals surface area (Å²) in [5, 5.41) is 59.5. The number of phosphoric ester groups is 2. The predicted molar refractivity (Wildman–Crippen MR) is 114 cm³/mol. The van der Waals surface area contributed by atoms with Crippen LogP contribution in [0.4, 0.5) is 0 Å². The Morgan fingerprint density at radius 1 is 1.05 bits per heavy atom. The molecule has 2 unspecified atom stereocenters. The molecule has 20 heteroatoms. The first-order chi connectivity index (χ1) is 17.1. The van der Waals surface area contributed by atoms with E-state index in [9.17, 15) is 54.0 Å². The molecule has 4 rings (SSSR count). The maximum atomic E-state index is 12.4. The Bertz CT molecular complexity index is 1220. The predicted octanol–water partition coefficient (Wildman–Crippen LogP) is -4.13. The van der Waals surface area contributed by atoms with Crippen LogP contribution in [0.15, 0.2) is 21.9 Å². The summed E-state index contributed by atoms with van der Waals surface area (Å²) in [5.41, 5.74) is -2.87. The fourth-order valence-electron chi connectivity index (χ4n) is 4.85. The zero-order chi connectivity index (χ0) is 27.5. The summed E-state index contributed by atoms with van der Waals surface area (Å²) in [4.78, 5) is 45.3. The maximum Gasteiger partial charge on any atom is 0.483 e. The first-order valence-electron chi connectivity index (χ1n) is 10.8. The van der Waals surface area contributed by atoms with Crippen molar-refractivity contribution in [2.24, 2.45) is 11.3 Å². The molecule has 0 aromatic carbocycles. The molecule has 3 aliphatic rings. The van der Waals surface area contributed by atoms with Crippen LogP contribution in [0.3, 0.4) is 0 Å². The van der Waals surface area contributed by atoms with E-state index in [4.69, 9.17) is 14.4 Å². The van der Waals surface area contributed by atoms with E-state index >= 15 is 0 Å². The number of aromatic amines is 1. The Morgan fingerprint density at radius 2 is 1.73 bits per heavy atom.